The van der Waals surface area contributed by atoms with Crippen molar-refractivity contribution in [3.63, 3.8) is 0 Å². The average molecular weight is 639 g/mol. The van der Waals surface area contributed by atoms with E-state index in [0.29, 0.717) is 0 Å². The smallest absolute Gasteiger partial charge is 0.147 e. The Kier molecular flexibility index (Phi) is 5.63. The van der Waals surface area contributed by atoms with E-state index in [1.807, 2.05) is 24.4 Å². The highest BCUT2D eigenvalue weighted by molar-refractivity contribution is 6.24. The maximum absolute atomic E-state index is 6.58. The van der Waals surface area contributed by atoms with Crippen molar-refractivity contribution in [1.29, 1.82) is 0 Å². The number of benzene rings is 8. The number of para-hydroxylation sites is 2. The van der Waals surface area contributed by atoms with E-state index in [1.54, 1.807) is 0 Å². The molecule has 0 spiro atoms. The topological polar surface area (TPSA) is 52.1 Å². The molecule has 50 heavy (non-hydrogen) atoms. The summed E-state index contributed by atoms with van der Waals surface area (Å²) >= 11 is 0. The Labute approximate surface area is 285 Å². The molecule has 0 aliphatic heterocycles. The lowest BCUT2D eigenvalue weighted by atomic mass is 9.96. The monoisotopic (exact) mass is 638 g/mol. The molecule has 11 rings (SSSR count). The summed E-state index contributed by atoms with van der Waals surface area (Å²) in [6.07, 6.45) is 1.90. The van der Waals surface area contributed by atoms with E-state index in [9.17, 15) is 0 Å². The molecule has 0 saturated heterocycles. The van der Waals surface area contributed by atoms with Gasteiger partial charge >= 0.3 is 0 Å². The summed E-state index contributed by atoms with van der Waals surface area (Å²) in [7, 11) is 0. The van der Waals surface area contributed by atoms with E-state index in [0.717, 1.165) is 99.2 Å². The SMILES string of the molecule is c1cc(-c2cccc(-c3cccc4c3oc3ccc5c6ccccc6oc5c34)c2)cc(-c2cnc3c4ccccc4c4ccccc4c3n2)c1. The van der Waals surface area contributed by atoms with Gasteiger partial charge in [-0.15, -0.1) is 0 Å². The molecular formula is C46H26N2O2. The van der Waals surface area contributed by atoms with Crippen LogP contribution in [0.25, 0.3) is 110 Å². The fourth-order valence-electron chi connectivity index (χ4n) is 7.78. The molecule has 3 heterocycles. The van der Waals surface area contributed by atoms with E-state index < -0.39 is 0 Å². The molecular weight excluding hydrogens is 613 g/mol. The van der Waals surface area contributed by atoms with Gasteiger partial charge in [0, 0.05) is 38.1 Å². The Hall–Kier alpha value is -6.78. The van der Waals surface area contributed by atoms with Crippen molar-refractivity contribution in [2.24, 2.45) is 0 Å². The van der Waals surface area contributed by atoms with Crippen molar-refractivity contribution in [3.8, 4) is 33.5 Å². The lowest BCUT2D eigenvalue weighted by Crippen LogP contribution is -1.92. The molecule has 0 saturated carbocycles. The second-order valence-corrected chi connectivity index (χ2v) is 12.9. The van der Waals surface area contributed by atoms with Gasteiger partial charge in [0.05, 0.1) is 28.3 Å². The zero-order chi connectivity index (χ0) is 32.8. The van der Waals surface area contributed by atoms with Crippen LogP contribution in [-0.4, -0.2) is 9.97 Å². The molecule has 0 fully saturated rings. The molecule has 4 nitrogen and oxygen atoms in total. The zero-order valence-electron chi connectivity index (χ0n) is 26.7. The first-order valence-corrected chi connectivity index (χ1v) is 16.8. The van der Waals surface area contributed by atoms with Crippen molar-refractivity contribution < 1.29 is 8.83 Å². The number of nitrogens with zero attached hydrogens (tertiary/aromatic N) is 2. The third-order valence-corrected chi connectivity index (χ3v) is 10.1. The second kappa shape index (κ2) is 10.4. The maximum Gasteiger partial charge on any atom is 0.147 e. The highest BCUT2D eigenvalue weighted by atomic mass is 16.3. The minimum atomic E-state index is 0.820. The molecule has 0 aliphatic carbocycles. The predicted molar refractivity (Wildman–Crippen MR) is 205 cm³/mol. The minimum Gasteiger partial charge on any atom is -0.455 e. The van der Waals surface area contributed by atoms with Crippen molar-refractivity contribution in [2.75, 3.05) is 0 Å². The Morgan fingerprint density at radius 2 is 0.980 bits per heavy atom. The molecule has 0 radical (unpaired) electrons. The summed E-state index contributed by atoms with van der Waals surface area (Å²) in [6, 6.07) is 52.9. The zero-order valence-corrected chi connectivity index (χ0v) is 26.7. The lowest BCUT2D eigenvalue weighted by molar-refractivity contribution is 0.663. The van der Waals surface area contributed by atoms with Crippen LogP contribution in [0.1, 0.15) is 0 Å². The van der Waals surface area contributed by atoms with Crippen LogP contribution in [-0.2, 0) is 0 Å². The van der Waals surface area contributed by atoms with E-state index >= 15 is 0 Å². The summed E-state index contributed by atoms with van der Waals surface area (Å²) in [6.45, 7) is 0. The van der Waals surface area contributed by atoms with Crippen LogP contribution >= 0.6 is 0 Å². The highest BCUT2D eigenvalue weighted by Gasteiger charge is 2.19. The van der Waals surface area contributed by atoms with Crippen LogP contribution in [0.2, 0.25) is 0 Å². The van der Waals surface area contributed by atoms with Gasteiger partial charge < -0.3 is 8.83 Å². The maximum atomic E-state index is 6.58. The number of hydrogen-bond donors (Lipinski definition) is 0. The Morgan fingerprint density at radius 1 is 0.380 bits per heavy atom. The number of hydrogen-bond acceptors (Lipinski definition) is 4. The molecule has 232 valence electrons. The van der Waals surface area contributed by atoms with Gasteiger partial charge in [0.2, 0.25) is 0 Å². The van der Waals surface area contributed by atoms with Crippen LogP contribution in [0.15, 0.2) is 167 Å². The predicted octanol–water partition coefficient (Wildman–Crippen LogP) is 12.7. The summed E-state index contributed by atoms with van der Waals surface area (Å²) in [5.74, 6) is 0. The quantitative estimate of drug-likeness (QED) is 0.181. The molecule has 0 aliphatic rings. The molecule has 0 atom stereocenters. The first kappa shape index (κ1) is 27.2. The number of aromatic nitrogens is 2. The van der Waals surface area contributed by atoms with E-state index in [2.05, 4.69) is 133 Å². The van der Waals surface area contributed by atoms with Gasteiger partial charge in [-0.3, -0.25) is 4.98 Å². The summed E-state index contributed by atoms with van der Waals surface area (Å²) in [5.41, 5.74) is 11.5. The third kappa shape index (κ3) is 3.93. The van der Waals surface area contributed by atoms with Crippen LogP contribution in [0.4, 0.5) is 0 Å². The second-order valence-electron chi connectivity index (χ2n) is 12.9. The van der Waals surface area contributed by atoms with Crippen LogP contribution in [0, 0.1) is 0 Å². The van der Waals surface area contributed by atoms with E-state index in [4.69, 9.17) is 18.8 Å². The molecule has 0 amide bonds. The Balaban J connectivity index is 1.03. The van der Waals surface area contributed by atoms with Crippen molar-refractivity contribution >= 4 is 76.5 Å². The van der Waals surface area contributed by atoms with Crippen molar-refractivity contribution in [1.82, 2.24) is 9.97 Å². The lowest BCUT2D eigenvalue weighted by Gasteiger charge is -2.11. The number of furan rings is 2. The fourth-order valence-corrected chi connectivity index (χ4v) is 7.78. The molecule has 4 heteroatoms. The summed E-state index contributed by atoms with van der Waals surface area (Å²) in [5, 5.41) is 8.88. The van der Waals surface area contributed by atoms with Crippen LogP contribution in [0.5, 0.6) is 0 Å². The molecule has 0 bridgehead atoms. The molecule has 0 N–H and O–H groups in total. The molecule has 8 aromatic carbocycles. The molecule has 3 aromatic heterocycles. The van der Waals surface area contributed by atoms with Crippen LogP contribution < -0.4 is 0 Å². The normalized spacial score (nSPS) is 12.0. The number of fused-ring (bicyclic) bond motifs is 13. The van der Waals surface area contributed by atoms with Gasteiger partial charge in [-0.05, 0) is 57.8 Å². The first-order chi connectivity index (χ1) is 24.8. The summed E-state index contributed by atoms with van der Waals surface area (Å²) in [4.78, 5) is 10.2. The van der Waals surface area contributed by atoms with Gasteiger partial charge in [0.1, 0.15) is 22.3 Å². The average Bonchev–Trinajstić information content (AvgIpc) is 3.76. The van der Waals surface area contributed by atoms with Gasteiger partial charge in [-0.2, -0.15) is 0 Å². The van der Waals surface area contributed by atoms with Gasteiger partial charge in [-0.25, -0.2) is 4.98 Å². The highest BCUT2D eigenvalue weighted by Crippen LogP contribution is 2.42. The van der Waals surface area contributed by atoms with Gasteiger partial charge in [0.25, 0.3) is 0 Å². The van der Waals surface area contributed by atoms with E-state index in [1.165, 1.54) is 10.8 Å². The summed E-state index contributed by atoms with van der Waals surface area (Å²) < 4.78 is 13.0. The Bertz CT molecular complexity index is 3130. The third-order valence-electron chi connectivity index (χ3n) is 10.1. The van der Waals surface area contributed by atoms with Crippen LogP contribution in [0.3, 0.4) is 0 Å². The largest absolute Gasteiger partial charge is 0.455 e. The van der Waals surface area contributed by atoms with Crippen molar-refractivity contribution in [3.05, 3.63) is 158 Å². The molecule has 11 aromatic rings. The van der Waals surface area contributed by atoms with E-state index in [-0.39, 0.29) is 0 Å². The number of rotatable bonds is 3. The Morgan fingerprint density at radius 3 is 1.78 bits per heavy atom. The van der Waals surface area contributed by atoms with Gasteiger partial charge in [-0.1, -0.05) is 121 Å². The minimum absolute atomic E-state index is 0.820. The molecule has 0 unspecified atom stereocenters. The van der Waals surface area contributed by atoms with Crippen molar-refractivity contribution in [2.45, 2.75) is 0 Å². The fraction of sp³-hybridized carbons (Fsp3) is 0. The van der Waals surface area contributed by atoms with Gasteiger partial charge in [0.15, 0.2) is 0 Å². The first-order valence-electron chi connectivity index (χ1n) is 16.8. The standard InChI is InChI=1S/C46H26N2O2/c1-3-17-35-32(14-1)33-15-2-4-18-36(33)44-43(35)47-26-39(48-44)30-13-8-11-28(25-30)27-10-7-12-29(24-27)31-19-9-20-38-42-41(50-45(31)38)23-22-37-34-16-5-6-21-40(34)49-46(37)42/h1-26H.